The Morgan fingerprint density at radius 1 is 1.19 bits per heavy atom. The predicted octanol–water partition coefficient (Wildman–Crippen LogP) is 3.76. The van der Waals surface area contributed by atoms with Gasteiger partial charge < -0.3 is 10.2 Å². The van der Waals surface area contributed by atoms with Crippen molar-refractivity contribution >= 4 is 23.5 Å². The summed E-state index contributed by atoms with van der Waals surface area (Å²) in [5, 5.41) is 12.7. The Balaban J connectivity index is 1.52. The second-order valence-corrected chi connectivity index (χ2v) is 7.82. The fraction of sp³-hybridized carbons (Fsp3) is 0.450. The van der Waals surface area contributed by atoms with Crippen LogP contribution >= 0.6 is 11.8 Å². The van der Waals surface area contributed by atoms with Gasteiger partial charge in [-0.3, -0.25) is 4.79 Å². The molecule has 1 amide bonds. The van der Waals surface area contributed by atoms with E-state index in [1.54, 1.807) is 11.8 Å². The standard InChI is InChI=1S/C20H26N4OS/c1-3-15(2)21-20(25)16-11-13-24(14-12-16)18-9-10-19(23-22-18)26-17-7-5-4-6-8-17/h4-10,15-16H,3,11-14H2,1-2H3,(H,21,25)/t15-/m0/s1. The largest absolute Gasteiger partial charge is 0.355 e. The van der Waals surface area contributed by atoms with Crippen molar-refractivity contribution in [2.75, 3.05) is 18.0 Å². The molecule has 0 aliphatic carbocycles. The van der Waals surface area contributed by atoms with Crippen molar-refractivity contribution in [1.82, 2.24) is 15.5 Å². The Morgan fingerprint density at radius 3 is 2.54 bits per heavy atom. The normalized spacial score (nSPS) is 16.3. The lowest BCUT2D eigenvalue weighted by Crippen LogP contribution is -2.43. The van der Waals surface area contributed by atoms with Crippen LogP contribution in [-0.2, 0) is 4.79 Å². The third-order valence-corrected chi connectivity index (χ3v) is 5.72. The first-order valence-corrected chi connectivity index (χ1v) is 10.1. The zero-order chi connectivity index (χ0) is 18.4. The van der Waals surface area contributed by atoms with E-state index in [-0.39, 0.29) is 17.9 Å². The molecule has 5 nitrogen and oxygen atoms in total. The third-order valence-electron chi connectivity index (χ3n) is 4.78. The number of nitrogens with zero attached hydrogens (tertiary/aromatic N) is 3. The molecule has 3 rings (SSSR count). The molecule has 2 heterocycles. The van der Waals surface area contributed by atoms with Crippen LogP contribution in [0.15, 0.2) is 52.4 Å². The molecular formula is C20H26N4OS. The van der Waals surface area contributed by atoms with Gasteiger partial charge in [-0.05, 0) is 50.5 Å². The van der Waals surface area contributed by atoms with Gasteiger partial charge in [0.25, 0.3) is 0 Å². The second-order valence-electron chi connectivity index (χ2n) is 6.72. The molecule has 1 aromatic carbocycles. The minimum atomic E-state index is 0.112. The Bertz CT molecular complexity index is 700. The van der Waals surface area contributed by atoms with Crippen LogP contribution in [0.1, 0.15) is 33.1 Å². The van der Waals surface area contributed by atoms with Gasteiger partial charge >= 0.3 is 0 Å². The number of aromatic nitrogens is 2. The summed E-state index contributed by atoms with van der Waals surface area (Å²) in [6.07, 6.45) is 2.70. The van der Waals surface area contributed by atoms with E-state index >= 15 is 0 Å². The van der Waals surface area contributed by atoms with Gasteiger partial charge in [0.2, 0.25) is 5.91 Å². The fourth-order valence-corrected chi connectivity index (χ4v) is 3.73. The molecule has 1 aromatic heterocycles. The van der Waals surface area contributed by atoms with Crippen LogP contribution in [0.25, 0.3) is 0 Å². The van der Waals surface area contributed by atoms with E-state index in [9.17, 15) is 4.79 Å². The van der Waals surface area contributed by atoms with E-state index in [1.807, 2.05) is 30.3 Å². The molecule has 2 aromatic rings. The second kappa shape index (κ2) is 9.03. The maximum Gasteiger partial charge on any atom is 0.223 e. The molecule has 0 radical (unpaired) electrons. The molecule has 6 heteroatoms. The van der Waals surface area contributed by atoms with Gasteiger partial charge in [-0.2, -0.15) is 0 Å². The van der Waals surface area contributed by atoms with Crippen LogP contribution in [0.5, 0.6) is 0 Å². The molecule has 1 aliphatic heterocycles. The molecule has 0 saturated carbocycles. The molecular weight excluding hydrogens is 344 g/mol. The summed E-state index contributed by atoms with van der Waals surface area (Å²) in [6.45, 7) is 5.83. The molecule has 1 fully saturated rings. The first-order chi connectivity index (χ1) is 12.7. The first kappa shape index (κ1) is 18.7. The van der Waals surface area contributed by atoms with Gasteiger partial charge in [0.1, 0.15) is 5.03 Å². The number of anilines is 1. The number of rotatable bonds is 6. The number of amides is 1. The Morgan fingerprint density at radius 2 is 1.92 bits per heavy atom. The van der Waals surface area contributed by atoms with Gasteiger partial charge in [-0.25, -0.2) is 0 Å². The zero-order valence-corrected chi connectivity index (χ0v) is 16.2. The van der Waals surface area contributed by atoms with Gasteiger partial charge in [-0.15, -0.1) is 10.2 Å². The number of hydrogen-bond acceptors (Lipinski definition) is 5. The molecule has 1 N–H and O–H groups in total. The van der Waals surface area contributed by atoms with Crippen LogP contribution in [0.4, 0.5) is 5.82 Å². The first-order valence-electron chi connectivity index (χ1n) is 9.27. The maximum atomic E-state index is 12.3. The molecule has 0 unspecified atom stereocenters. The van der Waals surface area contributed by atoms with Crippen molar-refractivity contribution in [1.29, 1.82) is 0 Å². The molecule has 1 saturated heterocycles. The highest BCUT2D eigenvalue weighted by Crippen LogP contribution is 2.27. The number of nitrogens with one attached hydrogen (secondary N) is 1. The lowest BCUT2D eigenvalue weighted by Gasteiger charge is -2.32. The summed E-state index contributed by atoms with van der Waals surface area (Å²) in [5.41, 5.74) is 0. The van der Waals surface area contributed by atoms with Crippen molar-refractivity contribution in [2.45, 2.75) is 49.1 Å². The average molecular weight is 371 g/mol. The minimum Gasteiger partial charge on any atom is -0.355 e. The van der Waals surface area contributed by atoms with E-state index in [4.69, 9.17) is 0 Å². The predicted molar refractivity (Wildman–Crippen MR) is 105 cm³/mol. The van der Waals surface area contributed by atoms with E-state index in [0.29, 0.717) is 0 Å². The summed E-state index contributed by atoms with van der Waals surface area (Å²) in [6, 6.07) is 14.5. The van der Waals surface area contributed by atoms with Gasteiger partial charge in [0.05, 0.1) is 0 Å². The molecule has 0 bridgehead atoms. The smallest absolute Gasteiger partial charge is 0.223 e. The number of piperidine rings is 1. The summed E-state index contributed by atoms with van der Waals surface area (Å²) < 4.78 is 0. The van der Waals surface area contributed by atoms with E-state index in [1.165, 1.54) is 0 Å². The highest BCUT2D eigenvalue weighted by Gasteiger charge is 2.26. The summed E-state index contributed by atoms with van der Waals surface area (Å²) in [4.78, 5) is 15.6. The monoisotopic (exact) mass is 370 g/mol. The molecule has 1 aliphatic rings. The minimum absolute atomic E-state index is 0.112. The van der Waals surface area contributed by atoms with Crippen LogP contribution in [0, 0.1) is 5.92 Å². The molecule has 26 heavy (non-hydrogen) atoms. The number of hydrogen-bond donors (Lipinski definition) is 1. The molecule has 138 valence electrons. The number of carbonyl (C=O) groups excluding carboxylic acids is 1. The fourth-order valence-electron chi connectivity index (χ4n) is 2.98. The van der Waals surface area contributed by atoms with Crippen LogP contribution < -0.4 is 10.2 Å². The number of carbonyl (C=O) groups is 1. The van der Waals surface area contributed by atoms with Gasteiger partial charge in [0, 0.05) is 29.9 Å². The molecule has 1 atom stereocenters. The summed E-state index contributed by atoms with van der Waals surface area (Å²) >= 11 is 1.61. The SMILES string of the molecule is CC[C@H](C)NC(=O)C1CCN(c2ccc(Sc3ccccc3)nn2)CC1. The number of benzene rings is 1. The zero-order valence-electron chi connectivity index (χ0n) is 15.4. The highest BCUT2D eigenvalue weighted by atomic mass is 32.2. The Kier molecular flexibility index (Phi) is 6.50. The van der Waals surface area contributed by atoms with Crippen LogP contribution in [-0.4, -0.2) is 35.2 Å². The average Bonchev–Trinajstić information content (AvgIpc) is 2.69. The van der Waals surface area contributed by atoms with Crippen LogP contribution in [0.2, 0.25) is 0 Å². The van der Waals surface area contributed by atoms with Crippen molar-refractivity contribution in [3.8, 4) is 0 Å². The van der Waals surface area contributed by atoms with Crippen molar-refractivity contribution in [3.05, 3.63) is 42.5 Å². The van der Waals surface area contributed by atoms with E-state index in [2.05, 4.69) is 46.4 Å². The Hall–Kier alpha value is -2.08. The van der Waals surface area contributed by atoms with E-state index in [0.717, 1.165) is 48.1 Å². The summed E-state index contributed by atoms with van der Waals surface area (Å²) in [5.74, 6) is 1.20. The van der Waals surface area contributed by atoms with Gasteiger partial charge in [0.15, 0.2) is 5.82 Å². The quantitative estimate of drug-likeness (QED) is 0.839. The lowest BCUT2D eigenvalue weighted by atomic mass is 9.95. The Labute approximate surface area is 159 Å². The van der Waals surface area contributed by atoms with E-state index < -0.39 is 0 Å². The van der Waals surface area contributed by atoms with Crippen molar-refractivity contribution < 1.29 is 4.79 Å². The topological polar surface area (TPSA) is 58.1 Å². The molecule has 0 spiro atoms. The summed E-state index contributed by atoms with van der Waals surface area (Å²) in [7, 11) is 0. The maximum absolute atomic E-state index is 12.3. The van der Waals surface area contributed by atoms with Gasteiger partial charge in [-0.1, -0.05) is 36.9 Å². The van der Waals surface area contributed by atoms with Crippen molar-refractivity contribution in [3.63, 3.8) is 0 Å². The highest BCUT2D eigenvalue weighted by molar-refractivity contribution is 7.99. The third kappa shape index (κ3) is 4.97. The van der Waals surface area contributed by atoms with Crippen molar-refractivity contribution in [2.24, 2.45) is 5.92 Å². The van der Waals surface area contributed by atoms with Crippen LogP contribution in [0.3, 0.4) is 0 Å². The lowest BCUT2D eigenvalue weighted by molar-refractivity contribution is -0.126.